The molecule has 0 aliphatic carbocycles. The number of imidazole rings is 1. The molecule has 0 aromatic carbocycles. The molecule has 2 aromatic rings. The summed E-state index contributed by atoms with van der Waals surface area (Å²) in [4.78, 5) is 4.22. The maximum absolute atomic E-state index is 4.22. The van der Waals surface area contributed by atoms with Crippen LogP contribution in [0.5, 0.6) is 0 Å². The third-order valence-corrected chi connectivity index (χ3v) is 1.94. The summed E-state index contributed by atoms with van der Waals surface area (Å²) in [6, 6.07) is 4.13. The molecule has 0 spiro atoms. The molecule has 0 unspecified atom stereocenters. The molecule has 0 saturated heterocycles. The fraction of sp³-hybridized carbons (Fsp3) is 0.222. The molecule has 2 rings (SSSR count). The van der Waals surface area contributed by atoms with Gasteiger partial charge in [0.25, 0.3) is 0 Å². The monoisotopic (exact) mass is 146 g/mol. The van der Waals surface area contributed by atoms with E-state index in [-0.39, 0.29) is 0 Å². The Morgan fingerprint density at radius 3 is 2.91 bits per heavy atom. The predicted octanol–water partition coefficient (Wildman–Crippen LogP) is 1.95. The summed E-state index contributed by atoms with van der Waals surface area (Å²) in [5.74, 6) is 0. The number of aryl methyl sites for hydroxylation is 2. The highest BCUT2D eigenvalue weighted by Crippen LogP contribution is 2.12. The number of hydrogen-bond donors (Lipinski definition) is 0. The van der Waals surface area contributed by atoms with Gasteiger partial charge in [-0.1, -0.05) is 6.07 Å². The standard InChI is InChI=1S/C9H10N2/c1-7-4-3-5-11-6-10-8(2)9(7)11/h3-6H,1-2H3. The van der Waals surface area contributed by atoms with E-state index in [1.807, 2.05) is 29.9 Å². The first-order valence-electron chi connectivity index (χ1n) is 3.68. The van der Waals surface area contributed by atoms with Crippen LogP contribution in [0, 0.1) is 13.8 Å². The lowest BCUT2D eigenvalue weighted by atomic mass is 10.2. The second kappa shape index (κ2) is 2.09. The van der Waals surface area contributed by atoms with E-state index < -0.39 is 0 Å². The lowest BCUT2D eigenvalue weighted by molar-refractivity contribution is 1.14. The van der Waals surface area contributed by atoms with E-state index in [1.54, 1.807) is 0 Å². The van der Waals surface area contributed by atoms with Gasteiger partial charge in [-0.05, 0) is 25.5 Å². The van der Waals surface area contributed by atoms with E-state index in [4.69, 9.17) is 0 Å². The molecule has 0 N–H and O–H groups in total. The van der Waals surface area contributed by atoms with Crippen molar-refractivity contribution in [1.29, 1.82) is 0 Å². The molecule has 2 heteroatoms. The third-order valence-electron chi connectivity index (χ3n) is 1.94. The Morgan fingerprint density at radius 1 is 1.36 bits per heavy atom. The van der Waals surface area contributed by atoms with Gasteiger partial charge in [0.05, 0.1) is 17.5 Å². The average Bonchev–Trinajstić information content (AvgIpc) is 2.34. The maximum atomic E-state index is 4.22. The van der Waals surface area contributed by atoms with Crippen molar-refractivity contribution in [2.24, 2.45) is 0 Å². The van der Waals surface area contributed by atoms with Crippen LogP contribution in [0.25, 0.3) is 5.52 Å². The molecule has 0 atom stereocenters. The fourth-order valence-electron chi connectivity index (χ4n) is 1.42. The molecule has 0 fully saturated rings. The normalized spacial score (nSPS) is 10.7. The molecule has 2 nitrogen and oxygen atoms in total. The highest BCUT2D eigenvalue weighted by atomic mass is 15.0. The Bertz CT molecular complexity index is 387. The number of aromatic nitrogens is 2. The first-order chi connectivity index (χ1) is 5.29. The van der Waals surface area contributed by atoms with E-state index >= 15 is 0 Å². The van der Waals surface area contributed by atoms with Crippen molar-refractivity contribution in [3.63, 3.8) is 0 Å². The Kier molecular flexibility index (Phi) is 1.22. The molecular formula is C9H10N2. The van der Waals surface area contributed by atoms with Crippen LogP contribution in [0.15, 0.2) is 24.7 Å². The molecule has 0 saturated carbocycles. The minimum atomic E-state index is 1.10. The van der Waals surface area contributed by atoms with E-state index in [0.29, 0.717) is 0 Å². The largest absolute Gasteiger partial charge is 0.306 e. The van der Waals surface area contributed by atoms with Crippen LogP contribution in [-0.4, -0.2) is 9.38 Å². The van der Waals surface area contributed by atoms with E-state index in [9.17, 15) is 0 Å². The summed E-state index contributed by atoms with van der Waals surface area (Å²) in [6.45, 7) is 4.13. The zero-order chi connectivity index (χ0) is 7.84. The van der Waals surface area contributed by atoms with Crippen LogP contribution in [0.4, 0.5) is 0 Å². The molecule has 2 heterocycles. The van der Waals surface area contributed by atoms with Crippen LogP contribution in [0.1, 0.15) is 11.3 Å². The van der Waals surface area contributed by atoms with Crippen molar-refractivity contribution >= 4 is 5.52 Å². The van der Waals surface area contributed by atoms with Gasteiger partial charge in [-0.25, -0.2) is 4.98 Å². The van der Waals surface area contributed by atoms with Crippen LogP contribution < -0.4 is 0 Å². The van der Waals surface area contributed by atoms with Crippen molar-refractivity contribution in [2.75, 3.05) is 0 Å². The lowest BCUT2D eigenvalue weighted by Crippen LogP contribution is -1.84. The topological polar surface area (TPSA) is 17.3 Å². The average molecular weight is 146 g/mol. The minimum Gasteiger partial charge on any atom is -0.306 e. The van der Waals surface area contributed by atoms with Crippen molar-refractivity contribution in [3.05, 3.63) is 35.9 Å². The Morgan fingerprint density at radius 2 is 2.18 bits per heavy atom. The van der Waals surface area contributed by atoms with Gasteiger partial charge in [-0.2, -0.15) is 0 Å². The Hall–Kier alpha value is -1.31. The number of hydrogen-bond acceptors (Lipinski definition) is 1. The molecule has 2 aromatic heterocycles. The molecule has 0 aliphatic rings. The molecule has 0 radical (unpaired) electrons. The Balaban J connectivity index is 2.96. The summed E-state index contributed by atoms with van der Waals surface area (Å²) in [5.41, 5.74) is 3.61. The van der Waals surface area contributed by atoms with Crippen LogP contribution in [0.2, 0.25) is 0 Å². The lowest BCUT2D eigenvalue weighted by Gasteiger charge is -1.96. The zero-order valence-electron chi connectivity index (χ0n) is 6.70. The second-order valence-electron chi connectivity index (χ2n) is 2.78. The molecule has 11 heavy (non-hydrogen) atoms. The number of rotatable bonds is 0. The molecule has 0 bridgehead atoms. The summed E-state index contributed by atoms with van der Waals surface area (Å²) < 4.78 is 2.05. The maximum Gasteiger partial charge on any atom is 0.0995 e. The predicted molar refractivity (Wildman–Crippen MR) is 44.7 cm³/mol. The van der Waals surface area contributed by atoms with E-state index in [2.05, 4.69) is 18.0 Å². The highest BCUT2D eigenvalue weighted by molar-refractivity contribution is 5.57. The van der Waals surface area contributed by atoms with E-state index in [0.717, 1.165) is 5.69 Å². The third kappa shape index (κ3) is 0.827. The minimum absolute atomic E-state index is 1.10. The SMILES string of the molecule is Cc1cccn2cnc(C)c12. The zero-order valence-corrected chi connectivity index (χ0v) is 6.70. The highest BCUT2D eigenvalue weighted by Gasteiger charge is 1.99. The molecule has 0 amide bonds. The summed E-state index contributed by atoms with van der Waals surface area (Å²) >= 11 is 0. The van der Waals surface area contributed by atoms with Crippen LogP contribution >= 0.6 is 0 Å². The number of pyridine rings is 1. The van der Waals surface area contributed by atoms with Gasteiger partial charge in [0, 0.05) is 6.20 Å². The Labute approximate surface area is 65.5 Å². The summed E-state index contributed by atoms with van der Waals surface area (Å²) in [7, 11) is 0. The smallest absolute Gasteiger partial charge is 0.0995 e. The molecule has 56 valence electrons. The van der Waals surface area contributed by atoms with Crippen molar-refractivity contribution in [3.8, 4) is 0 Å². The van der Waals surface area contributed by atoms with Gasteiger partial charge in [0.15, 0.2) is 0 Å². The molecular weight excluding hydrogens is 136 g/mol. The fourth-order valence-corrected chi connectivity index (χ4v) is 1.42. The number of nitrogens with zero attached hydrogens (tertiary/aromatic N) is 2. The van der Waals surface area contributed by atoms with Crippen LogP contribution in [-0.2, 0) is 0 Å². The molecule has 0 aliphatic heterocycles. The first-order valence-corrected chi connectivity index (χ1v) is 3.68. The number of fused-ring (bicyclic) bond motifs is 1. The van der Waals surface area contributed by atoms with Gasteiger partial charge in [0.1, 0.15) is 0 Å². The van der Waals surface area contributed by atoms with Gasteiger partial charge in [0.2, 0.25) is 0 Å². The van der Waals surface area contributed by atoms with Gasteiger partial charge in [-0.15, -0.1) is 0 Å². The van der Waals surface area contributed by atoms with E-state index in [1.165, 1.54) is 11.1 Å². The first kappa shape index (κ1) is 6.40. The van der Waals surface area contributed by atoms with Gasteiger partial charge in [-0.3, -0.25) is 0 Å². The quantitative estimate of drug-likeness (QED) is 0.555. The second-order valence-corrected chi connectivity index (χ2v) is 2.78. The summed E-state index contributed by atoms with van der Waals surface area (Å²) in [5, 5.41) is 0. The van der Waals surface area contributed by atoms with Crippen molar-refractivity contribution < 1.29 is 0 Å². The van der Waals surface area contributed by atoms with Crippen molar-refractivity contribution in [1.82, 2.24) is 9.38 Å². The van der Waals surface area contributed by atoms with Gasteiger partial charge >= 0.3 is 0 Å². The van der Waals surface area contributed by atoms with Gasteiger partial charge < -0.3 is 4.40 Å². The van der Waals surface area contributed by atoms with Crippen LogP contribution in [0.3, 0.4) is 0 Å². The summed E-state index contributed by atoms with van der Waals surface area (Å²) in [6.07, 6.45) is 3.86. The van der Waals surface area contributed by atoms with Crippen molar-refractivity contribution in [2.45, 2.75) is 13.8 Å².